The van der Waals surface area contributed by atoms with Gasteiger partial charge in [-0.3, -0.25) is 9.98 Å². The Labute approximate surface area is 158 Å². The van der Waals surface area contributed by atoms with E-state index >= 15 is 0 Å². The third kappa shape index (κ3) is 8.41. The number of benzene rings is 1. The molecular weight excluding hydrogens is 291 g/mol. The molecule has 1 aromatic rings. The maximum Gasteiger partial charge on any atom is 1.00 e. The number of aliphatic carboxylic acids is 1. The minimum Gasteiger partial charge on any atom is -0.861 e. The molecule has 0 saturated carbocycles. The number of carbonyl (C=O) groups is 1. The molecule has 3 N–H and O–H groups in total. The van der Waals surface area contributed by atoms with Crippen LogP contribution in [-0.4, -0.2) is 41.8 Å². The van der Waals surface area contributed by atoms with E-state index in [9.17, 15) is 20.1 Å². The van der Waals surface area contributed by atoms with Gasteiger partial charge in [0.05, 0.1) is 19.1 Å². The number of aryl methyl sites for hydroxylation is 1. The third-order valence-corrected chi connectivity index (χ3v) is 2.03. The summed E-state index contributed by atoms with van der Waals surface area (Å²) in [6, 6.07) is 5.03. The van der Waals surface area contributed by atoms with E-state index in [-0.39, 0.29) is 69.2 Å². The Bertz CT molecular complexity index is 503. The molecule has 104 valence electrons. The van der Waals surface area contributed by atoms with Gasteiger partial charge in [0.1, 0.15) is 5.75 Å². The maximum absolute atomic E-state index is 11.0. The number of carboxylic acid groups (broad SMARTS) is 1. The van der Waals surface area contributed by atoms with Crippen molar-refractivity contribution >= 4 is 18.1 Å². The summed E-state index contributed by atoms with van der Waals surface area (Å²) in [6.45, 7) is 0.910. The maximum atomic E-state index is 11.0. The van der Waals surface area contributed by atoms with Crippen LogP contribution in [0.1, 0.15) is 11.1 Å². The minimum absolute atomic E-state index is 0. The molecule has 0 spiro atoms. The van der Waals surface area contributed by atoms with Crippen LogP contribution in [0.4, 0.5) is 0 Å². The van der Waals surface area contributed by atoms with E-state index in [1.54, 1.807) is 18.2 Å². The molecule has 20 heavy (non-hydrogen) atoms. The van der Waals surface area contributed by atoms with Gasteiger partial charge in [-0.2, -0.15) is 0 Å². The van der Waals surface area contributed by atoms with Gasteiger partial charge in [-0.25, -0.2) is 0 Å². The number of phenols is 1. The second-order valence-electron chi connectivity index (χ2n) is 3.61. The van der Waals surface area contributed by atoms with E-state index in [0.717, 1.165) is 5.56 Å². The Kier molecular flexibility index (Phi) is 11.8. The number of aromatic hydroxyl groups is 1. The number of nitrogens with zero attached hydrogens (tertiary/aromatic N) is 2. The number of phenolic OH excluding ortho intramolecular Hbond substituents is 1. The van der Waals surface area contributed by atoms with Crippen molar-refractivity contribution in [2.45, 2.75) is 6.92 Å². The molecule has 0 fully saturated rings. The molecule has 0 aliphatic heterocycles. The normalized spacial score (nSPS) is 10.8. The van der Waals surface area contributed by atoms with Crippen LogP contribution in [0.25, 0.3) is 0 Å². The monoisotopic (exact) mass is 305 g/mol. The molecule has 0 unspecified atom stereocenters. The Balaban J connectivity index is 0. The molecule has 0 radical (unpaired) electrons. The fraction of sp³-hybridized carbons (Fsp3) is 0.250. The summed E-state index contributed by atoms with van der Waals surface area (Å²) in [5.41, 5.74) is 1.39. The zero-order valence-electron chi connectivity index (χ0n) is 11.3. The van der Waals surface area contributed by atoms with Gasteiger partial charge in [0.15, 0.2) is 0 Å². The number of rotatable bonds is 5. The van der Waals surface area contributed by atoms with Crippen molar-refractivity contribution in [3.63, 3.8) is 0 Å². The summed E-state index contributed by atoms with van der Waals surface area (Å²) < 4.78 is 0. The Morgan fingerprint density at radius 1 is 1.35 bits per heavy atom. The van der Waals surface area contributed by atoms with Crippen LogP contribution in [0.2, 0.25) is 0 Å². The predicted molar refractivity (Wildman–Crippen MR) is 66.2 cm³/mol. The first-order valence-electron chi connectivity index (χ1n) is 5.18. The molecule has 1 rings (SSSR count). The topological polar surface area (TPSA) is 140 Å². The molecule has 0 saturated heterocycles. The molecule has 0 atom stereocenters. The first-order valence-corrected chi connectivity index (χ1v) is 5.18. The SMILES string of the molecule is Cc1ccc(C=NCC([O-])=NCC(=O)[O-])c(O)c1.O.[K+]. The number of aliphatic imine (C=N–C) groups is 2. The van der Waals surface area contributed by atoms with E-state index in [1.165, 1.54) is 6.21 Å². The number of hydrogen-bond acceptors (Lipinski definition) is 6. The zero-order valence-corrected chi connectivity index (χ0v) is 14.4. The number of carboxylic acids is 1. The van der Waals surface area contributed by atoms with E-state index in [0.29, 0.717) is 5.56 Å². The molecule has 0 bridgehead atoms. The molecule has 0 heterocycles. The fourth-order valence-electron chi connectivity index (χ4n) is 1.19. The number of carbonyl (C=O) groups excluding carboxylic acids is 1. The van der Waals surface area contributed by atoms with Gasteiger partial charge < -0.3 is 25.6 Å². The summed E-state index contributed by atoms with van der Waals surface area (Å²) in [7, 11) is 0. The van der Waals surface area contributed by atoms with E-state index in [1.807, 2.05) is 6.92 Å². The first-order chi connectivity index (χ1) is 8.49. The molecule has 1 aromatic carbocycles. The van der Waals surface area contributed by atoms with Crippen LogP contribution in [-0.2, 0) is 4.79 Å². The van der Waals surface area contributed by atoms with Gasteiger partial charge in [-0.1, -0.05) is 6.07 Å². The van der Waals surface area contributed by atoms with Crippen LogP contribution in [0.15, 0.2) is 28.2 Å². The minimum atomic E-state index is -1.41. The van der Waals surface area contributed by atoms with Crippen molar-refractivity contribution in [3.8, 4) is 5.75 Å². The smallest absolute Gasteiger partial charge is 0.861 e. The Morgan fingerprint density at radius 3 is 2.55 bits per heavy atom. The van der Waals surface area contributed by atoms with Gasteiger partial charge in [0.2, 0.25) is 0 Å². The van der Waals surface area contributed by atoms with Crippen molar-refractivity contribution in [3.05, 3.63) is 29.3 Å². The summed E-state index contributed by atoms with van der Waals surface area (Å²) in [5.74, 6) is -2.00. The van der Waals surface area contributed by atoms with Crippen molar-refractivity contribution < 1.29 is 77.0 Å². The van der Waals surface area contributed by atoms with Crippen molar-refractivity contribution in [1.29, 1.82) is 0 Å². The molecule has 0 aromatic heterocycles. The van der Waals surface area contributed by atoms with Crippen molar-refractivity contribution in [2.75, 3.05) is 13.1 Å². The van der Waals surface area contributed by atoms with Gasteiger partial charge in [-0.05, 0) is 30.5 Å². The molecular formula is C12H14KN2O5-. The van der Waals surface area contributed by atoms with Crippen LogP contribution in [0.3, 0.4) is 0 Å². The standard InChI is InChI=1S/C12H14N2O4.K.H2O/c1-8-2-3-9(10(15)4-8)5-13-6-11(16)14-7-12(17)18;;/h2-5,15H,6-7H2,1H3,(H,14,16)(H,17,18);;1H2/q;+1;/p-2. The summed E-state index contributed by atoms with van der Waals surface area (Å²) in [5, 5.41) is 30.6. The first kappa shape index (κ1) is 21.5. The average molecular weight is 305 g/mol. The second-order valence-corrected chi connectivity index (χ2v) is 3.61. The van der Waals surface area contributed by atoms with Crippen LogP contribution in [0.5, 0.6) is 5.75 Å². The van der Waals surface area contributed by atoms with Gasteiger partial charge in [0.25, 0.3) is 0 Å². The van der Waals surface area contributed by atoms with E-state index in [2.05, 4.69) is 9.98 Å². The summed E-state index contributed by atoms with van der Waals surface area (Å²) >= 11 is 0. The van der Waals surface area contributed by atoms with E-state index in [4.69, 9.17) is 0 Å². The van der Waals surface area contributed by atoms with Crippen molar-refractivity contribution in [2.24, 2.45) is 9.98 Å². The molecule has 0 aliphatic carbocycles. The van der Waals surface area contributed by atoms with Gasteiger partial charge in [-0.15, -0.1) is 0 Å². The second kappa shape index (κ2) is 10.9. The average Bonchev–Trinajstić information content (AvgIpc) is 2.29. The van der Waals surface area contributed by atoms with Gasteiger partial charge >= 0.3 is 51.4 Å². The predicted octanol–water partition coefficient (Wildman–Crippen LogP) is -5.19. The largest absolute Gasteiger partial charge is 1.00 e. The fourth-order valence-corrected chi connectivity index (χ4v) is 1.19. The van der Waals surface area contributed by atoms with Crippen molar-refractivity contribution in [1.82, 2.24) is 0 Å². The Morgan fingerprint density at radius 2 is 2.00 bits per heavy atom. The molecule has 0 aliphatic rings. The summed E-state index contributed by atoms with van der Waals surface area (Å²) in [6.07, 6.45) is 1.33. The zero-order chi connectivity index (χ0) is 13.5. The van der Waals surface area contributed by atoms with E-state index < -0.39 is 18.4 Å². The Hall–Kier alpha value is -0.774. The van der Waals surface area contributed by atoms with Crippen LogP contribution >= 0.6 is 0 Å². The van der Waals surface area contributed by atoms with Crippen LogP contribution in [0, 0.1) is 6.92 Å². The quantitative estimate of drug-likeness (QED) is 0.330. The molecule has 8 heteroatoms. The van der Waals surface area contributed by atoms with Gasteiger partial charge in [0, 0.05) is 11.8 Å². The number of hydrogen-bond donors (Lipinski definition) is 1. The molecule has 0 amide bonds. The molecule has 7 nitrogen and oxygen atoms in total. The van der Waals surface area contributed by atoms with Crippen LogP contribution < -0.4 is 61.6 Å². The third-order valence-electron chi connectivity index (χ3n) is 2.03. The summed E-state index contributed by atoms with van der Waals surface area (Å²) in [4.78, 5) is 17.0.